The van der Waals surface area contributed by atoms with Gasteiger partial charge in [0.15, 0.2) is 0 Å². The van der Waals surface area contributed by atoms with Crippen molar-refractivity contribution in [1.82, 2.24) is 5.32 Å². The fourth-order valence-electron chi connectivity index (χ4n) is 9.28. The van der Waals surface area contributed by atoms with Crippen molar-refractivity contribution in [3.63, 3.8) is 0 Å². The number of unbranched alkanes of at least 4 members (excludes halogenated alkanes) is 42. The van der Waals surface area contributed by atoms with Gasteiger partial charge in [0.1, 0.15) is 6.10 Å². The van der Waals surface area contributed by atoms with E-state index in [4.69, 9.17) is 0 Å². The van der Waals surface area contributed by atoms with Crippen LogP contribution in [-0.2, 0) is 4.79 Å². The highest BCUT2D eigenvalue weighted by Gasteiger charge is 2.23. The van der Waals surface area contributed by atoms with Crippen molar-refractivity contribution in [2.75, 3.05) is 6.61 Å². The van der Waals surface area contributed by atoms with Crippen LogP contribution in [0.1, 0.15) is 322 Å². The van der Waals surface area contributed by atoms with E-state index >= 15 is 0 Å². The van der Waals surface area contributed by atoms with Crippen LogP contribution in [0.3, 0.4) is 0 Å². The van der Waals surface area contributed by atoms with Gasteiger partial charge >= 0.3 is 0 Å². The van der Waals surface area contributed by atoms with E-state index in [1.54, 1.807) is 0 Å². The Kier molecular flexibility index (Phi) is 53.4. The third-order valence-corrected chi connectivity index (χ3v) is 13.8. The molecule has 0 radical (unpaired) electrons. The first kappa shape index (κ1) is 62.8. The van der Waals surface area contributed by atoms with Crippen molar-refractivity contribution in [2.45, 2.75) is 340 Å². The maximum Gasteiger partial charge on any atom is 0.249 e. The number of hydrogen-bond donors (Lipinski definition) is 4. The zero-order valence-electron chi connectivity index (χ0n) is 43.4. The molecule has 0 saturated carbocycles. The highest BCUT2D eigenvalue weighted by atomic mass is 16.3. The second kappa shape index (κ2) is 54.4. The number of aliphatic hydroxyl groups excluding tert-OH is 3. The van der Waals surface area contributed by atoms with Crippen LogP contribution in [0.25, 0.3) is 0 Å². The Morgan fingerprint density at radius 3 is 0.938 bits per heavy atom. The molecule has 0 spiro atoms. The quantitative estimate of drug-likeness (QED) is 0.0362. The van der Waals surface area contributed by atoms with Gasteiger partial charge < -0.3 is 20.6 Å². The number of hydrogen-bond acceptors (Lipinski definition) is 4. The maximum absolute atomic E-state index is 12.6. The third-order valence-electron chi connectivity index (χ3n) is 13.8. The summed E-state index contributed by atoms with van der Waals surface area (Å²) in [5, 5.41) is 33.6. The highest BCUT2D eigenvalue weighted by Crippen LogP contribution is 2.18. The lowest BCUT2D eigenvalue weighted by Crippen LogP contribution is -2.49. The minimum atomic E-state index is -1.07. The Morgan fingerprint density at radius 2 is 0.641 bits per heavy atom. The molecule has 3 atom stereocenters. The summed E-state index contributed by atoms with van der Waals surface area (Å²) in [6, 6.07) is -0.711. The molecule has 4 N–H and O–H groups in total. The molecule has 0 rings (SSSR count). The van der Waals surface area contributed by atoms with E-state index in [-0.39, 0.29) is 6.61 Å². The van der Waals surface area contributed by atoms with Crippen molar-refractivity contribution >= 4 is 5.91 Å². The molecule has 3 unspecified atom stereocenters. The summed E-state index contributed by atoms with van der Waals surface area (Å²) in [5.74, 6) is -0.465. The number of rotatable bonds is 54. The summed E-state index contributed by atoms with van der Waals surface area (Å²) in [5.41, 5.74) is 0. The number of amides is 1. The first-order valence-corrected chi connectivity index (χ1v) is 29.1. The minimum absolute atomic E-state index is 0.310. The van der Waals surface area contributed by atoms with Gasteiger partial charge in [0.2, 0.25) is 5.91 Å². The first-order chi connectivity index (χ1) is 31.6. The van der Waals surface area contributed by atoms with Crippen LogP contribution in [0.2, 0.25) is 0 Å². The molecule has 0 aliphatic heterocycles. The fourth-order valence-corrected chi connectivity index (χ4v) is 9.28. The van der Waals surface area contributed by atoms with Crippen LogP contribution in [0, 0.1) is 0 Å². The summed E-state index contributed by atoms with van der Waals surface area (Å²) in [6.07, 6.45) is 69.5. The largest absolute Gasteiger partial charge is 0.394 e. The molecule has 380 valence electrons. The average molecular weight is 903 g/mol. The fraction of sp³-hybridized carbons (Fsp3) is 0.915. The molecule has 0 saturated heterocycles. The SMILES string of the molecule is CCCCCCCCCCC/C=C\C/C=C\CCCCCCCCCCCCCCCCCCC(O)C(=O)NC(CO)C(O)CCCCCCCCCCCCCCCCCCCC. The van der Waals surface area contributed by atoms with Crippen LogP contribution in [0.15, 0.2) is 24.3 Å². The van der Waals surface area contributed by atoms with E-state index in [1.165, 1.54) is 257 Å². The van der Waals surface area contributed by atoms with Crippen LogP contribution < -0.4 is 5.32 Å². The second-order valence-electron chi connectivity index (χ2n) is 20.2. The first-order valence-electron chi connectivity index (χ1n) is 29.1. The predicted molar refractivity (Wildman–Crippen MR) is 282 cm³/mol. The number of carbonyl (C=O) groups excluding carboxylic acids is 1. The minimum Gasteiger partial charge on any atom is -0.394 e. The van der Waals surface area contributed by atoms with Crippen molar-refractivity contribution in [2.24, 2.45) is 0 Å². The molecule has 5 nitrogen and oxygen atoms in total. The lowest BCUT2D eigenvalue weighted by Gasteiger charge is -2.23. The number of allylic oxidation sites excluding steroid dienone is 4. The van der Waals surface area contributed by atoms with Crippen LogP contribution >= 0.6 is 0 Å². The van der Waals surface area contributed by atoms with Crippen molar-refractivity contribution in [3.05, 3.63) is 24.3 Å². The van der Waals surface area contributed by atoms with Gasteiger partial charge in [0.25, 0.3) is 0 Å². The summed E-state index contributed by atoms with van der Waals surface area (Å²) < 4.78 is 0. The molecule has 0 heterocycles. The van der Waals surface area contributed by atoms with Crippen LogP contribution in [0.5, 0.6) is 0 Å². The van der Waals surface area contributed by atoms with Gasteiger partial charge in [-0.2, -0.15) is 0 Å². The van der Waals surface area contributed by atoms with Gasteiger partial charge in [-0.25, -0.2) is 0 Å². The molecular formula is C59H115NO4. The van der Waals surface area contributed by atoms with Crippen LogP contribution in [0.4, 0.5) is 0 Å². The molecule has 0 bridgehead atoms. The zero-order valence-corrected chi connectivity index (χ0v) is 43.4. The topological polar surface area (TPSA) is 89.8 Å². The number of carbonyl (C=O) groups is 1. The number of nitrogens with one attached hydrogen (secondary N) is 1. The monoisotopic (exact) mass is 902 g/mol. The van der Waals surface area contributed by atoms with E-state index in [9.17, 15) is 20.1 Å². The third kappa shape index (κ3) is 48.8. The summed E-state index contributed by atoms with van der Waals surface area (Å²) in [4.78, 5) is 12.6. The second-order valence-corrected chi connectivity index (χ2v) is 20.2. The normalized spacial score (nSPS) is 13.4. The lowest BCUT2D eigenvalue weighted by molar-refractivity contribution is -0.131. The maximum atomic E-state index is 12.6. The van der Waals surface area contributed by atoms with Gasteiger partial charge in [-0.1, -0.05) is 301 Å². The van der Waals surface area contributed by atoms with Crippen molar-refractivity contribution in [1.29, 1.82) is 0 Å². The Morgan fingerprint density at radius 1 is 0.375 bits per heavy atom. The Balaban J connectivity index is 3.50. The van der Waals surface area contributed by atoms with E-state index < -0.39 is 24.2 Å². The smallest absolute Gasteiger partial charge is 0.249 e. The Labute approximate surface area is 401 Å². The molecule has 5 heteroatoms. The molecule has 0 aromatic heterocycles. The average Bonchev–Trinajstić information content (AvgIpc) is 3.30. The summed E-state index contributed by atoms with van der Waals surface area (Å²) in [7, 11) is 0. The Bertz CT molecular complexity index is 951. The van der Waals surface area contributed by atoms with Gasteiger partial charge in [0.05, 0.1) is 18.8 Å². The molecule has 0 aliphatic carbocycles. The van der Waals surface area contributed by atoms with E-state index in [0.717, 1.165) is 38.5 Å². The Hall–Kier alpha value is -1.17. The highest BCUT2D eigenvalue weighted by molar-refractivity contribution is 5.80. The molecule has 1 amide bonds. The predicted octanol–water partition coefficient (Wildman–Crippen LogP) is 18.1. The summed E-state index contributed by atoms with van der Waals surface area (Å²) in [6.45, 7) is 4.26. The summed E-state index contributed by atoms with van der Waals surface area (Å²) >= 11 is 0. The molecule has 64 heavy (non-hydrogen) atoms. The molecule has 0 aliphatic rings. The van der Waals surface area contributed by atoms with Gasteiger partial charge in [0, 0.05) is 0 Å². The van der Waals surface area contributed by atoms with E-state index in [2.05, 4.69) is 43.5 Å². The molecule has 0 fully saturated rings. The molecule has 0 aromatic carbocycles. The molecular weight excluding hydrogens is 787 g/mol. The van der Waals surface area contributed by atoms with Crippen LogP contribution in [-0.4, -0.2) is 46.1 Å². The zero-order chi connectivity index (χ0) is 46.5. The van der Waals surface area contributed by atoms with Gasteiger partial charge in [-0.15, -0.1) is 0 Å². The van der Waals surface area contributed by atoms with E-state index in [0.29, 0.717) is 12.8 Å². The van der Waals surface area contributed by atoms with Crippen molar-refractivity contribution < 1.29 is 20.1 Å². The number of aliphatic hydroxyl groups is 3. The van der Waals surface area contributed by atoms with Gasteiger partial charge in [-0.3, -0.25) is 4.79 Å². The van der Waals surface area contributed by atoms with E-state index in [1.807, 2.05) is 0 Å². The standard InChI is InChI=1S/C59H115NO4/c1-3-5-7-9-11-13-15-17-19-21-23-24-25-26-27-28-29-30-31-32-33-34-35-36-38-40-42-44-46-48-50-52-54-58(63)59(64)60-56(55-61)57(62)53-51-49-47-45-43-41-39-37-22-20-18-16-14-12-10-8-6-4-2/h23-24,26-27,56-58,61-63H,3-22,25,28-55H2,1-2H3,(H,60,64)/b24-23-,27-26-. The molecule has 0 aromatic rings. The van der Waals surface area contributed by atoms with Crippen molar-refractivity contribution in [3.8, 4) is 0 Å². The lowest BCUT2D eigenvalue weighted by atomic mass is 10.0. The van der Waals surface area contributed by atoms with Gasteiger partial charge in [-0.05, 0) is 44.9 Å².